The van der Waals surface area contributed by atoms with Crippen molar-refractivity contribution in [1.29, 1.82) is 0 Å². The van der Waals surface area contributed by atoms with Gasteiger partial charge in [0.1, 0.15) is 0 Å². The Balaban J connectivity index is 1.19. The summed E-state index contributed by atoms with van der Waals surface area (Å²) in [6.45, 7) is 0. The predicted octanol–water partition coefficient (Wildman–Crippen LogP) is 7.53. The van der Waals surface area contributed by atoms with Gasteiger partial charge in [0.15, 0.2) is 0 Å². The molecule has 4 nitrogen and oxygen atoms in total. The molecule has 0 bridgehead atoms. The molecule has 174 valence electrons. The molecule has 0 aliphatic rings. The molecule has 0 fully saturated rings. The molecule has 0 saturated carbocycles. The summed E-state index contributed by atoms with van der Waals surface area (Å²) in [5.74, 6) is -0.461. The lowest BCUT2D eigenvalue weighted by atomic mass is 10.1. The first-order chi connectivity index (χ1) is 17.7. The second kappa shape index (κ2) is 10.5. The van der Waals surface area contributed by atoms with Crippen LogP contribution in [0.15, 0.2) is 133 Å². The molecule has 0 aliphatic carbocycles. The van der Waals surface area contributed by atoms with E-state index in [0.717, 1.165) is 22.3 Å². The van der Waals surface area contributed by atoms with Crippen molar-refractivity contribution < 1.29 is 9.59 Å². The van der Waals surface area contributed by atoms with E-state index in [2.05, 4.69) is 10.6 Å². The number of benzene rings is 5. The van der Waals surface area contributed by atoms with E-state index in [1.807, 2.05) is 109 Å². The van der Waals surface area contributed by atoms with Gasteiger partial charge in [-0.2, -0.15) is 0 Å². The van der Waals surface area contributed by atoms with Gasteiger partial charge in [-0.05, 0) is 70.8 Å². The summed E-state index contributed by atoms with van der Waals surface area (Å²) in [6, 6.07) is 42.2. The van der Waals surface area contributed by atoms with Crippen molar-refractivity contribution >= 4 is 23.2 Å². The first kappa shape index (κ1) is 22.8. The third-order valence-electron chi connectivity index (χ3n) is 5.91. The van der Waals surface area contributed by atoms with Crippen molar-refractivity contribution in [2.45, 2.75) is 0 Å². The zero-order chi connectivity index (χ0) is 24.7. The summed E-state index contributed by atoms with van der Waals surface area (Å²) in [5, 5.41) is 5.81. The van der Waals surface area contributed by atoms with E-state index in [4.69, 9.17) is 0 Å². The van der Waals surface area contributed by atoms with Gasteiger partial charge in [0.05, 0.1) is 0 Å². The van der Waals surface area contributed by atoms with Crippen LogP contribution in [0.2, 0.25) is 0 Å². The SMILES string of the molecule is O=C(Nc1ccc(-c2ccccc2)cc1)c1ccc(C(=O)Nc2ccc(-c3ccccc3)cc2)cc1. The molecule has 0 saturated heterocycles. The Bertz CT molecular complexity index is 1340. The van der Waals surface area contributed by atoms with Crippen LogP contribution in [0.1, 0.15) is 20.7 Å². The van der Waals surface area contributed by atoms with E-state index < -0.39 is 0 Å². The molecule has 0 aliphatic heterocycles. The molecule has 0 aromatic heterocycles. The molecule has 36 heavy (non-hydrogen) atoms. The van der Waals surface area contributed by atoms with E-state index >= 15 is 0 Å². The van der Waals surface area contributed by atoms with Crippen LogP contribution in [0.3, 0.4) is 0 Å². The topological polar surface area (TPSA) is 58.2 Å². The van der Waals surface area contributed by atoms with Crippen LogP contribution in [0, 0.1) is 0 Å². The lowest BCUT2D eigenvalue weighted by Gasteiger charge is -2.09. The summed E-state index contributed by atoms with van der Waals surface area (Å²) in [7, 11) is 0. The summed E-state index contributed by atoms with van der Waals surface area (Å²) < 4.78 is 0. The molecule has 5 aromatic rings. The largest absolute Gasteiger partial charge is 0.322 e. The molecule has 5 aromatic carbocycles. The van der Waals surface area contributed by atoms with E-state index in [-0.39, 0.29) is 11.8 Å². The van der Waals surface area contributed by atoms with Gasteiger partial charge in [0.25, 0.3) is 11.8 Å². The molecule has 0 atom stereocenters. The van der Waals surface area contributed by atoms with Crippen LogP contribution in [0.4, 0.5) is 11.4 Å². The first-order valence-corrected chi connectivity index (χ1v) is 11.7. The Kier molecular flexibility index (Phi) is 6.68. The van der Waals surface area contributed by atoms with Gasteiger partial charge in [0.2, 0.25) is 0 Å². The second-order valence-corrected chi connectivity index (χ2v) is 8.37. The van der Waals surface area contributed by atoms with E-state index in [1.165, 1.54) is 0 Å². The number of hydrogen-bond donors (Lipinski definition) is 2. The number of carbonyl (C=O) groups is 2. The van der Waals surface area contributed by atoms with Gasteiger partial charge < -0.3 is 10.6 Å². The average molecular weight is 469 g/mol. The van der Waals surface area contributed by atoms with Gasteiger partial charge in [-0.1, -0.05) is 84.9 Å². The smallest absolute Gasteiger partial charge is 0.255 e. The molecule has 0 spiro atoms. The van der Waals surface area contributed by atoms with Crippen LogP contribution < -0.4 is 10.6 Å². The van der Waals surface area contributed by atoms with Crippen molar-refractivity contribution in [3.63, 3.8) is 0 Å². The number of hydrogen-bond acceptors (Lipinski definition) is 2. The summed E-state index contributed by atoms with van der Waals surface area (Å²) in [6.07, 6.45) is 0. The molecule has 0 radical (unpaired) electrons. The van der Waals surface area contributed by atoms with Crippen molar-refractivity contribution in [2.75, 3.05) is 10.6 Å². The second-order valence-electron chi connectivity index (χ2n) is 8.37. The Morgan fingerprint density at radius 3 is 1.00 bits per heavy atom. The Hall–Kier alpha value is -4.96. The normalized spacial score (nSPS) is 10.4. The molecular weight excluding hydrogens is 444 g/mol. The maximum atomic E-state index is 12.7. The third-order valence-corrected chi connectivity index (χ3v) is 5.91. The molecule has 5 rings (SSSR count). The van der Waals surface area contributed by atoms with Crippen LogP contribution in [-0.2, 0) is 0 Å². The van der Waals surface area contributed by atoms with Gasteiger partial charge in [-0.15, -0.1) is 0 Å². The van der Waals surface area contributed by atoms with Gasteiger partial charge in [-0.3, -0.25) is 9.59 Å². The molecule has 0 heterocycles. The third kappa shape index (κ3) is 5.40. The minimum Gasteiger partial charge on any atom is -0.322 e. The fourth-order valence-corrected chi connectivity index (χ4v) is 3.93. The number of anilines is 2. The Morgan fingerprint density at radius 2 is 0.667 bits per heavy atom. The fraction of sp³-hybridized carbons (Fsp3) is 0. The molecular formula is C32H24N2O2. The highest BCUT2D eigenvalue weighted by Crippen LogP contribution is 2.23. The van der Waals surface area contributed by atoms with Crippen molar-refractivity contribution in [3.05, 3.63) is 145 Å². The van der Waals surface area contributed by atoms with Crippen LogP contribution in [-0.4, -0.2) is 11.8 Å². The van der Waals surface area contributed by atoms with E-state index in [0.29, 0.717) is 22.5 Å². The van der Waals surface area contributed by atoms with Crippen LogP contribution in [0.5, 0.6) is 0 Å². The highest BCUT2D eigenvalue weighted by Gasteiger charge is 2.10. The van der Waals surface area contributed by atoms with E-state index in [9.17, 15) is 9.59 Å². The lowest BCUT2D eigenvalue weighted by molar-refractivity contribution is 0.101. The zero-order valence-corrected chi connectivity index (χ0v) is 19.5. The highest BCUT2D eigenvalue weighted by atomic mass is 16.2. The number of nitrogens with one attached hydrogen (secondary N) is 2. The predicted molar refractivity (Wildman–Crippen MR) is 146 cm³/mol. The van der Waals surface area contributed by atoms with Gasteiger partial charge in [-0.25, -0.2) is 0 Å². The molecule has 4 heteroatoms. The number of rotatable bonds is 6. The van der Waals surface area contributed by atoms with Crippen molar-refractivity contribution in [1.82, 2.24) is 0 Å². The molecule has 2 amide bonds. The monoisotopic (exact) mass is 468 g/mol. The number of carbonyl (C=O) groups excluding carboxylic acids is 2. The first-order valence-electron chi connectivity index (χ1n) is 11.7. The summed E-state index contributed by atoms with van der Waals surface area (Å²) in [5.41, 5.74) is 6.78. The van der Waals surface area contributed by atoms with E-state index in [1.54, 1.807) is 24.3 Å². The van der Waals surface area contributed by atoms with Gasteiger partial charge >= 0.3 is 0 Å². The van der Waals surface area contributed by atoms with Crippen LogP contribution >= 0.6 is 0 Å². The minimum atomic E-state index is -0.231. The molecule has 2 N–H and O–H groups in total. The summed E-state index contributed by atoms with van der Waals surface area (Å²) in [4.78, 5) is 25.4. The number of amides is 2. The lowest BCUT2D eigenvalue weighted by Crippen LogP contribution is -2.14. The standard InChI is InChI=1S/C32H24N2O2/c35-31(33-29-19-15-25(16-20-29)23-7-3-1-4-8-23)27-11-13-28(14-12-27)32(36)34-30-21-17-26(18-22-30)24-9-5-2-6-10-24/h1-22H,(H,33,35)(H,34,36). The average Bonchev–Trinajstić information content (AvgIpc) is 2.95. The summed E-state index contributed by atoms with van der Waals surface area (Å²) >= 11 is 0. The van der Waals surface area contributed by atoms with Crippen molar-refractivity contribution in [2.24, 2.45) is 0 Å². The van der Waals surface area contributed by atoms with Crippen LogP contribution in [0.25, 0.3) is 22.3 Å². The highest BCUT2D eigenvalue weighted by molar-refractivity contribution is 6.07. The Labute approximate surface area is 210 Å². The Morgan fingerprint density at radius 1 is 0.361 bits per heavy atom. The quantitative estimate of drug-likeness (QED) is 0.271. The van der Waals surface area contributed by atoms with Gasteiger partial charge in [0, 0.05) is 22.5 Å². The maximum Gasteiger partial charge on any atom is 0.255 e. The zero-order valence-electron chi connectivity index (χ0n) is 19.5. The minimum absolute atomic E-state index is 0.231. The van der Waals surface area contributed by atoms with Crippen molar-refractivity contribution in [3.8, 4) is 22.3 Å². The molecule has 0 unspecified atom stereocenters. The fourth-order valence-electron chi connectivity index (χ4n) is 3.93. The maximum absolute atomic E-state index is 12.7.